The Labute approximate surface area is 144 Å². The lowest BCUT2D eigenvalue weighted by molar-refractivity contribution is -0.137. The summed E-state index contributed by atoms with van der Waals surface area (Å²) in [6, 6.07) is 3.72. The van der Waals surface area contributed by atoms with Gasteiger partial charge in [-0.15, -0.1) is 0 Å². The van der Waals surface area contributed by atoms with Crippen molar-refractivity contribution in [1.82, 2.24) is 10.2 Å². The molecule has 1 saturated heterocycles. The number of benzene rings is 1. The van der Waals surface area contributed by atoms with Crippen molar-refractivity contribution in [3.63, 3.8) is 0 Å². The highest BCUT2D eigenvalue weighted by Crippen LogP contribution is 2.30. The topological polar surface area (TPSA) is 61.4 Å². The van der Waals surface area contributed by atoms with Crippen LogP contribution in [0.2, 0.25) is 0 Å². The van der Waals surface area contributed by atoms with Crippen LogP contribution in [0.4, 0.5) is 23.7 Å². The molecule has 0 bridgehead atoms. The van der Waals surface area contributed by atoms with Gasteiger partial charge in [0.05, 0.1) is 5.56 Å². The predicted octanol–water partition coefficient (Wildman–Crippen LogP) is 3.62. The second-order valence-corrected chi connectivity index (χ2v) is 6.08. The second kappa shape index (κ2) is 8.22. The Kier molecular flexibility index (Phi) is 6.27. The number of hydrogen-bond donors (Lipinski definition) is 2. The van der Waals surface area contributed by atoms with Crippen molar-refractivity contribution in [1.29, 1.82) is 0 Å². The van der Waals surface area contributed by atoms with Gasteiger partial charge in [0.1, 0.15) is 0 Å². The van der Waals surface area contributed by atoms with E-state index in [0.717, 1.165) is 18.6 Å². The number of carbonyl (C=O) groups is 2. The van der Waals surface area contributed by atoms with Crippen LogP contribution in [0.15, 0.2) is 24.3 Å². The minimum absolute atomic E-state index is 0.0736. The van der Waals surface area contributed by atoms with Crippen LogP contribution < -0.4 is 10.6 Å². The van der Waals surface area contributed by atoms with E-state index in [4.69, 9.17) is 0 Å². The van der Waals surface area contributed by atoms with Crippen LogP contribution >= 0.6 is 0 Å². The molecule has 1 aromatic rings. The first-order chi connectivity index (χ1) is 11.8. The van der Waals surface area contributed by atoms with Crippen LogP contribution in [-0.2, 0) is 11.0 Å². The standard InChI is InChI=1S/C17H22F3N3O2/c1-2-9-23-10-8-13(6-7-15(23)24)21-16(25)22-14-5-3-4-12(11-14)17(18,19)20/h3-5,11,13H,2,6-10H2,1H3,(H2,21,22,25). The third-order valence-corrected chi connectivity index (χ3v) is 4.08. The van der Waals surface area contributed by atoms with Crippen LogP contribution in [0.1, 0.15) is 38.2 Å². The molecule has 0 radical (unpaired) electrons. The number of anilines is 1. The van der Waals surface area contributed by atoms with Gasteiger partial charge in [-0.3, -0.25) is 4.79 Å². The van der Waals surface area contributed by atoms with Gasteiger partial charge in [0.2, 0.25) is 5.91 Å². The molecule has 1 heterocycles. The molecule has 138 valence electrons. The highest BCUT2D eigenvalue weighted by atomic mass is 19.4. The largest absolute Gasteiger partial charge is 0.416 e. The average Bonchev–Trinajstić information content (AvgIpc) is 2.70. The van der Waals surface area contributed by atoms with E-state index in [1.54, 1.807) is 4.90 Å². The number of urea groups is 1. The van der Waals surface area contributed by atoms with Gasteiger partial charge in [-0.1, -0.05) is 13.0 Å². The third-order valence-electron chi connectivity index (χ3n) is 4.08. The Morgan fingerprint density at radius 1 is 1.32 bits per heavy atom. The number of nitrogens with one attached hydrogen (secondary N) is 2. The van der Waals surface area contributed by atoms with Crippen molar-refractivity contribution in [2.75, 3.05) is 18.4 Å². The Hall–Kier alpha value is -2.25. The number of likely N-dealkylation sites (tertiary alicyclic amines) is 1. The lowest BCUT2D eigenvalue weighted by atomic mass is 10.1. The molecule has 1 aliphatic rings. The molecule has 0 spiro atoms. The molecular formula is C17H22F3N3O2. The zero-order chi connectivity index (χ0) is 18.4. The number of amides is 3. The zero-order valence-corrected chi connectivity index (χ0v) is 14.0. The molecule has 2 N–H and O–H groups in total. The van der Waals surface area contributed by atoms with Gasteiger partial charge in [0, 0.05) is 31.2 Å². The maximum atomic E-state index is 12.7. The molecule has 0 aliphatic carbocycles. The van der Waals surface area contributed by atoms with Gasteiger partial charge >= 0.3 is 12.2 Å². The monoisotopic (exact) mass is 357 g/mol. The van der Waals surface area contributed by atoms with Crippen LogP contribution in [0.5, 0.6) is 0 Å². The van der Waals surface area contributed by atoms with Crippen LogP contribution in [-0.4, -0.2) is 36.0 Å². The number of rotatable bonds is 4. The van der Waals surface area contributed by atoms with E-state index in [0.29, 0.717) is 32.4 Å². The summed E-state index contributed by atoms with van der Waals surface area (Å²) in [5.74, 6) is 0.0736. The Bertz CT molecular complexity index is 619. The van der Waals surface area contributed by atoms with Crippen molar-refractivity contribution in [2.45, 2.75) is 44.8 Å². The molecule has 5 nitrogen and oxygen atoms in total. The van der Waals surface area contributed by atoms with E-state index >= 15 is 0 Å². The molecule has 8 heteroatoms. The molecule has 1 atom stereocenters. The quantitative estimate of drug-likeness (QED) is 0.865. The first-order valence-electron chi connectivity index (χ1n) is 8.32. The lowest BCUT2D eigenvalue weighted by Gasteiger charge is -2.20. The molecule has 3 amide bonds. The van der Waals surface area contributed by atoms with Crippen molar-refractivity contribution in [3.05, 3.63) is 29.8 Å². The molecule has 1 unspecified atom stereocenters. The summed E-state index contributed by atoms with van der Waals surface area (Å²) in [6.07, 6.45) is -2.08. The van der Waals surface area contributed by atoms with Gasteiger partial charge in [-0.25, -0.2) is 4.79 Å². The third kappa shape index (κ3) is 5.65. The number of nitrogens with zero attached hydrogens (tertiary/aromatic N) is 1. The van der Waals surface area contributed by atoms with Crippen molar-refractivity contribution >= 4 is 17.6 Å². The molecule has 1 aromatic carbocycles. The average molecular weight is 357 g/mol. The molecule has 0 saturated carbocycles. The fourth-order valence-corrected chi connectivity index (χ4v) is 2.81. The molecule has 1 fully saturated rings. The van der Waals surface area contributed by atoms with Gasteiger partial charge in [-0.2, -0.15) is 13.2 Å². The minimum Gasteiger partial charge on any atom is -0.343 e. The van der Waals surface area contributed by atoms with E-state index in [1.165, 1.54) is 12.1 Å². The Morgan fingerprint density at radius 2 is 2.08 bits per heavy atom. The van der Waals surface area contributed by atoms with E-state index in [9.17, 15) is 22.8 Å². The molecule has 1 aliphatic heterocycles. The van der Waals surface area contributed by atoms with Crippen molar-refractivity contribution in [2.24, 2.45) is 0 Å². The second-order valence-electron chi connectivity index (χ2n) is 6.08. The number of alkyl halides is 3. The van der Waals surface area contributed by atoms with Crippen molar-refractivity contribution < 1.29 is 22.8 Å². The highest BCUT2D eigenvalue weighted by Gasteiger charge is 2.30. The zero-order valence-electron chi connectivity index (χ0n) is 14.0. The molecule has 0 aromatic heterocycles. The Morgan fingerprint density at radius 3 is 2.76 bits per heavy atom. The maximum Gasteiger partial charge on any atom is 0.416 e. The van der Waals surface area contributed by atoms with E-state index in [1.807, 2.05) is 6.92 Å². The first kappa shape index (κ1) is 19.1. The summed E-state index contributed by atoms with van der Waals surface area (Å²) in [6.45, 7) is 3.26. The van der Waals surface area contributed by atoms with E-state index < -0.39 is 17.8 Å². The molecule has 2 rings (SSSR count). The summed E-state index contributed by atoms with van der Waals surface area (Å²) >= 11 is 0. The molecule has 25 heavy (non-hydrogen) atoms. The fraction of sp³-hybridized carbons (Fsp3) is 0.529. The van der Waals surface area contributed by atoms with E-state index in [2.05, 4.69) is 10.6 Å². The van der Waals surface area contributed by atoms with Crippen LogP contribution in [0.3, 0.4) is 0 Å². The lowest BCUT2D eigenvalue weighted by Crippen LogP contribution is -2.38. The molecular weight excluding hydrogens is 335 g/mol. The SMILES string of the molecule is CCCN1CCC(NC(=O)Nc2cccc(C(F)(F)F)c2)CCC1=O. The highest BCUT2D eigenvalue weighted by molar-refractivity contribution is 5.89. The fourth-order valence-electron chi connectivity index (χ4n) is 2.81. The Balaban J connectivity index is 1.91. The minimum atomic E-state index is -4.46. The summed E-state index contributed by atoms with van der Waals surface area (Å²) in [5, 5.41) is 5.16. The van der Waals surface area contributed by atoms with Gasteiger partial charge < -0.3 is 15.5 Å². The van der Waals surface area contributed by atoms with Gasteiger partial charge in [-0.05, 0) is 37.5 Å². The number of hydrogen-bond acceptors (Lipinski definition) is 2. The van der Waals surface area contributed by atoms with Crippen LogP contribution in [0, 0.1) is 0 Å². The number of carbonyl (C=O) groups excluding carboxylic acids is 2. The predicted molar refractivity (Wildman–Crippen MR) is 88.1 cm³/mol. The summed E-state index contributed by atoms with van der Waals surface area (Å²) in [7, 11) is 0. The first-order valence-corrected chi connectivity index (χ1v) is 8.32. The van der Waals surface area contributed by atoms with E-state index in [-0.39, 0.29) is 17.6 Å². The number of halogens is 3. The van der Waals surface area contributed by atoms with Gasteiger partial charge in [0.25, 0.3) is 0 Å². The maximum absolute atomic E-state index is 12.7. The summed E-state index contributed by atoms with van der Waals surface area (Å²) in [5.41, 5.74) is -0.745. The van der Waals surface area contributed by atoms with Crippen LogP contribution in [0.25, 0.3) is 0 Å². The van der Waals surface area contributed by atoms with Crippen molar-refractivity contribution in [3.8, 4) is 0 Å². The normalized spacial score (nSPS) is 18.6. The summed E-state index contributed by atoms with van der Waals surface area (Å²) < 4.78 is 38.1. The smallest absolute Gasteiger partial charge is 0.343 e. The summed E-state index contributed by atoms with van der Waals surface area (Å²) in [4.78, 5) is 25.8. The van der Waals surface area contributed by atoms with Gasteiger partial charge in [0.15, 0.2) is 0 Å².